The first-order valence-corrected chi connectivity index (χ1v) is 9.93. The van der Waals surface area contributed by atoms with Crippen molar-refractivity contribution in [1.29, 1.82) is 5.26 Å². The normalized spacial score (nSPS) is 12.0. The summed E-state index contributed by atoms with van der Waals surface area (Å²) in [6, 6.07) is 17.6. The van der Waals surface area contributed by atoms with Gasteiger partial charge in [0.05, 0.1) is 29.6 Å². The second-order valence-corrected chi connectivity index (χ2v) is 7.48. The van der Waals surface area contributed by atoms with Crippen molar-refractivity contribution in [2.24, 2.45) is 10.1 Å². The molecule has 0 aliphatic carbocycles. The molecular weight excluding hydrogens is 420 g/mol. The van der Waals surface area contributed by atoms with Crippen molar-refractivity contribution in [2.75, 3.05) is 6.54 Å². The molecule has 0 N–H and O–H groups in total. The standard InChI is InChI=1S/C21H17BrN4S/c1-3-11-24-21-26(20(14-27-21)18-5-4-6-19(22)12-18)25-15(2)17-9-7-16(13-23)8-10-17/h3-10,12,14H,1,11H2,2H3. The van der Waals surface area contributed by atoms with Gasteiger partial charge >= 0.3 is 0 Å². The lowest BCUT2D eigenvalue weighted by Gasteiger charge is -2.07. The molecule has 134 valence electrons. The fourth-order valence-electron chi connectivity index (χ4n) is 2.49. The van der Waals surface area contributed by atoms with E-state index in [4.69, 9.17) is 10.4 Å². The lowest BCUT2D eigenvalue weighted by atomic mass is 10.1. The average molecular weight is 437 g/mol. The van der Waals surface area contributed by atoms with Crippen LogP contribution in [0.25, 0.3) is 11.3 Å². The summed E-state index contributed by atoms with van der Waals surface area (Å²) >= 11 is 5.07. The molecule has 0 spiro atoms. The molecule has 0 radical (unpaired) electrons. The van der Waals surface area contributed by atoms with E-state index in [1.54, 1.807) is 29.5 Å². The van der Waals surface area contributed by atoms with E-state index >= 15 is 0 Å². The second kappa shape index (κ2) is 8.76. The summed E-state index contributed by atoms with van der Waals surface area (Å²) in [7, 11) is 0. The number of nitriles is 1. The van der Waals surface area contributed by atoms with Gasteiger partial charge in [0.2, 0.25) is 4.80 Å². The summed E-state index contributed by atoms with van der Waals surface area (Å²) < 4.78 is 2.87. The molecule has 27 heavy (non-hydrogen) atoms. The molecule has 3 rings (SSSR count). The monoisotopic (exact) mass is 436 g/mol. The fourth-order valence-corrected chi connectivity index (χ4v) is 3.73. The van der Waals surface area contributed by atoms with Crippen LogP contribution < -0.4 is 4.80 Å². The third-order valence-corrected chi connectivity index (χ3v) is 5.19. The van der Waals surface area contributed by atoms with Gasteiger partial charge in [-0.2, -0.15) is 10.4 Å². The van der Waals surface area contributed by atoms with Crippen LogP contribution in [0.2, 0.25) is 0 Å². The Bertz CT molecular complexity index is 1100. The molecule has 0 atom stereocenters. The van der Waals surface area contributed by atoms with Crippen LogP contribution in [-0.2, 0) is 0 Å². The Morgan fingerprint density at radius 2 is 2.07 bits per heavy atom. The average Bonchev–Trinajstić information content (AvgIpc) is 3.08. The first kappa shape index (κ1) is 19.0. The molecule has 0 saturated carbocycles. The summed E-state index contributed by atoms with van der Waals surface area (Å²) in [4.78, 5) is 5.37. The Labute approximate surface area is 170 Å². The van der Waals surface area contributed by atoms with Gasteiger partial charge in [-0.1, -0.05) is 46.3 Å². The Kier molecular flexibility index (Phi) is 6.17. The lowest BCUT2D eigenvalue weighted by molar-refractivity contribution is 0.834. The molecule has 0 amide bonds. The zero-order valence-electron chi connectivity index (χ0n) is 14.8. The molecule has 1 aromatic heterocycles. The van der Waals surface area contributed by atoms with Gasteiger partial charge in [-0.3, -0.25) is 4.99 Å². The Morgan fingerprint density at radius 3 is 2.74 bits per heavy atom. The van der Waals surface area contributed by atoms with Gasteiger partial charge in [-0.25, -0.2) is 4.68 Å². The molecule has 0 aliphatic heterocycles. The first-order chi connectivity index (χ1) is 13.1. The maximum atomic E-state index is 8.97. The number of hydrogen-bond donors (Lipinski definition) is 0. The molecule has 0 saturated heterocycles. The number of nitrogens with zero attached hydrogens (tertiary/aromatic N) is 4. The topological polar surface area (TPSA) is 53.4 Å². The molecule has 0 bridgehead atoms. The van der Waals surface area contributed by atoms with Crippen molar-refractivity contribution < 1.29 is 0 Å². The van der Waals surface area contributed by atoms with Crippen LogP contribution >= 0.6 is 27.3 Å². The summed E-state index contributed by atoms with van der Waals surface area (Å²) in [5.41, 5.74) is 4.46. The van der Waals surface area contributed by atoms with Crippen LogP contribution in [0.3, 0.4) is 0 Å². The van der Waals surface area contributed by atoms with Gasteiger partial charge < -0.3 is 0 Å². The molecule has 0 fully saturated rings. The molecule has 0 unspecified atom stereocenters. The lowest BCUT2D eigenvalue weighted by Crippen LogP contribution is -2.14. The number of aromatic nitrogens is 1. The third kappa shape index (κ3) is 4.51. The van der Waals surface area contributed by atoms with Crippen LogP contribution in [0, 0.1) is 11.3 Å². The first-order valence-electron chi connectivity index (χ1n) is 8.26. The minimum Gasteiger partial charge on any atom is -0.253 e. The Morgan fingerprint density at radius 1 is 1.30 bits per heavy atom. The van der Waals surface area contributed by atoms with Gasteiger partial charge in [0, 0.05) is 15.4 Å². The van der Waals surface area contributed by atoms with Crippen LogP contribution in [0.4, 0.5) is 0 Å². The molecule has 4 nitrogen and oxygen atoms in total. The van der Waals surface area contributed by atoms with E-state index in [0.29, 0.717) is 12.1 Å². The maximum Gasteiger partial charge on any atom is 0.206 e. The molecule has 0 aliphatic rings. The van der Waals surface area contributed by atoms with E-state index in [1.165, 1.54) is 0 Å². The molecule has 1 heterocycles. The van der Waals surface area contributed by atoms with E-state index in [9.17, 15) is 0 Å². The van der Waals surface area contributed by atoms with E-state index in [1.807, 2.05) is 41.9 Å². The summed E-state index contributed by atoms with van der Waals surface area (Å²) in [5, 5.41) is 15.8. The summed E-state index contributed by atoms with van der Waals surface area (Å²) in [6.45, 7) is 6.22. The fraction of sp³-hybridized carbons (Fsp3) is 0.0952. The number of halogens is 1. The van der Waals surface area contributed by atoms with E-state index in [2.05, 4.69) is 45.0 Å². The van der Waals surface area contributed by atoms with Crippen LogP contribution in [0.1, 0.15) is 18.1 Å². The van der Waals surface area contributed by atoms with Crippen molar-refractivity contribution in [3.05, 3.63) is 87.0 Å². The van der Waals surface area contributed by atoms with Crippen molar-refractivity contribution in [2.45, 2.75) is 6.92 Å². The van der Waals surface area contributed by atoms with Crippen molar-refractivity contribution in [1.82, 2.24) is 4.68 Å². The predicted octanol–water partition coefficient (Wildman–Crippen LogP) is 5.21. The van der Waals surface area contributed by atoms with E-state index < -0.39 is 0 Å². The highest BCUT2D eigenvalue weighted by Crippen LogP contribution is 2.24. The van der Waals surface area contributed by atoms with E-state index in [-0.39, 0.29) is 0 Å². The highest BCUT2D eigenvalue weighted by atomic mass is 79.9. The minimum absolute atomic E-state index is 0.532. The van der Waals surface area contributed by atoms with Gasteiger partial charge in [-0.05, 0) is 36.8 Å². The molecule has 2 aromatic carbocycles. The zero-order valence-corrected chi connectivity index (χ0v) is 17.2. The predicted molar refractivity (Wildman–Crippen MR) is 115 cm³/mol. The van der Waals surface area contributed by atoms with Gasteiger partial charge in [0.1, 0.15) is 0 Å². The van der Waals surface area contributed by atoms with Crippen molar-refractivity contribution in [3.8, 4) is 17.3 Å². The SMILES string of the molecule is C=CCN=c1scc(-c2cccc(Br)c2)n1N=C(C)c1ccc(C#N)cc1. The van der Waals surface area contributed by atoms with Crippen LogP contribution in [-0.4, -0.2) is 16.9 Å². The largest absolute Gasteiger partial charge is 0.253 e. The van der Waals surface area contributed by atoms with Crippen molar-refractivity contribution >= 4 is 33.0 Å². The second-order valence-electron chi connectivity index (χ2n) is 5.73. The third-order valence-electron chi connectivity index (χ3n) is 3.84. The number of hydrogen-bond acceptors (Lipinski definition) is 4. The highest BCUT2D eigenvalue weighted by molar-refractivity contribution is 9.10. The van der Waals surface area contributed by atoms with E-state index in [0.717, 1.165) is 31.8 Å². The summed E-state index contributed by atoms with van der Waals surface area (Å²) in [5.74, 6) is 0. The molecule has 6 heteroatoms. The zero-order chi connectivity index (χ0) is 19.2. The van der Waals surface area contributed by atoms with Gasteiger partial charge in [-0.15, -0.1) is 17.9 Å². The minimum atomic E-state index is 0.532. The maximum absolute atomic E-state index is 8.97. The Balaban J connectivity index is 2.12. The van der Waals surface area contributed by atoms with Gasteiger partial charge in [0.25, 0.3) is 0 Å². The highest BCUT2D eigenvalue weighted by Gasteiger charge is 2.09. The number of thiazole rings is 1. The number of benzene rings is 2. The van der Waals surface area contributed by atoms with Crippen molar-refractivity contribution in [3.63, 3.8) is 0 Å². The summed E-state index contributed by atoms with van der Waals surface area (Å²) in [6.07, 6.45) is 1.76. The van der Waals surface area contributed by atoms with Crippen LogP contribution in [0.5, 0.6) is 0 Å². The molecule has 3 aromatic rings. The van der Waals surface area contributed by atoms with Crippen LogP contribution in [0.15, 0.2) is 81.1 Å². The quantitative estimate of drug-likeness (QED) is 0.399. The Hall–Kier alpha value is -2.75. The smallest absolute Gasteiger partial charge is 0.206 e. The van der Waals surface area contributed by atoms with Gasteiger partial charge in [0.15, 0.2) is 0 Å². The number of rotatable bonds is 5. The molecular formula is C21H17BrN4S.